The average molecular weight is 330 g/mol. The minimum absolute atomic E-state index is 0.202. The van der Waals surface area contributed by atoms with E-state index in [1.807, 2.05) is 62.5 Å². The molecule has 1 amide bonds. The van der Waals surface area contributed by atoms with Gasteiger partial charge in [0.1, 0.15) is 5.69 Å². The number of H-pyrrole nitrogens is 1. The fourth-order valence-corrected chi connectivity index (χ4v) is 3.02. The quantitative estimate of drug-likeness (QED) is 0.591. The number of aromatic nitrogens is 3. The molecule has 2 N–H and O–H groups in total. The number of carbonyl (C=O) groups is 1. The van der Waals surface area contributed by atoms with E-state index >= 15 is 0 Å². The van der Waals surface area contributed by atoms with Crippen molar-refractivity contribution in [3.05, 3.63) is 77.6 Å². The summed E-state index contributed by atoms with van der Waals surface area (Å²) in [5, 5.41) is 8.30. The highest BCUT2D eigenvalue weighted by atomic mass is 16.2. The van der Waals surface area contributed by atoms with Crippen LogP contribution >= 0.6 is 0 Å². The number of nitrogens with zero attached hydrogens (tertiary/aromatic N) is 2. The van der Waals surface area contributed by atoms with Crippen LogP contribution in [0, 0.1) is 13.8 Å². The van der Waals surface area contributed by atoms with Gasteiger partial charge in [-0.05, 0) is 49.2 Å². The Labute approximate surface area is 145 Å². The molecule has 5 nitrogen and oxygen atoms in total. The van der Waals surface area contributed by atoms with E-state index in [-0.39, 0.29) is 5.91 Å². The lowest BCUT2D eigenvalue weighted by Crippen LogP contribution is -2.12. The number of carbonyl (C=O) groups excluding carboxylic acids is 1. The summed E-state index contributed by atoms with van der Waals surface area (Å²) in [6.45, 7) is 4.09. The Balaban J connectivity index is 1.58. The van der Waals surface area contributed by atoms with Gasteiger partial charge < -0.3 is 10.3 Å². The lowest BCUT2D eigenvalue weighted by atomic mass is 10.1. The van der Waals surface area contributed by atoms with E-state index in [2.05, 4.69) is 21.5 Å². The van der Waals surface area contributed by atoms with E-state index < -0.39 is 0 Å². The third-order valence-corrected chi connectivity index (χ3v) is 4.19. The molecule has 0 bridgehead atoms. The highest BCUT2D eigenvalue weighted by Gasteiger charge is 2.13. The van der Waals surface area contributed by atoms with Gasteiger partial charge in [0.25, 0.3) is 5.91 Å². The number of fused-ring (bicyclic) bond motifs is 1. The molecule has 4 rings (SSSR count). The van der Waals surface area contributed by atoms with Gasteiger partial charge >= 0.3 is 0 Å². The minimum Gasteiger partial charge on any atom is -0.351 e. The number of nitrogens with one attached hydrogen (secondary N) is 2. The highest BCUT2D eigenvalue weighted by molar-refractivity contribution is 6.05. The summed E-state index contributed by atoms with van der Waals surface area (Å²) in [5.74, 6) is 0.312. The van der Waals surface area contributed by atoms with Crippen molar-refractivity contribution in [3.63, 3.8) is 0 Å². The summed E-state index contributed by atoms with van der Waals surface area (Å²) in [7, 11) is 0. The number of aromatic amines is 1. The maximum Gasteiger partial charge on any atom is 0.273 e. The van der Waals surface area contributed by atoms with Gasteiger partial charge in [-0.15, -0.1) is 0 Å². The number of anilines is 1. The summed E-state index contributed by atoms with van der Waals surface area (Å²) in [6.07, 6.45) is 1.82. The maximum absolute atomic E-state index is 12.5. The molecule has 0 atom stereocenters. The molecule has 0 unspecified atom stereocenters. The number of amides is 1. The zero-order valence-electron chi connectivity index (χ0n) is 14.1. The fourth-order valence-electron chi connectivity index (χ4n) is 3.02. The zero-order chi connectivity index (χ0) is 17.4. The normalized spacial score (nSPS) is 11.0. The Hall–Kier alpha value is -3.34. The molecule has 2 aromatic carbocycles. The first-order valence-electron chi connectivity index (χ1n) is 8.12. The number of para-hydroxylation sites is 1. The van der Waals surface area contributed by atoms with Crippen LogP contribution in [-0.4, -0.2) is 20.7 Å². The van der Waals surface area contributed by atoms with E-state index in [1.54, 1.807) is 10.7 Å². The Kier molecular flexibility index (Phi) is 3.61. The highest BCUT2D eigenvalue weighted by Crippen LogP contribution is 2.22. The molecule has 5 heteroatoms. The Bertz CT molecular complexity index is 1060. The van der Waals surface area contributed by atoms with Crippen molar-refractivity contribution in [2.75, 3.05) is 5.32 Å². The predicted molar refractivity (Wildman–Crippen MR) is 99.3 cm³/mol. The zero-order valence-corrected chi connectivity index (χ0v) is 14.1. The fraction of sp³-hybridized carbons (Fsp3) is 0.100. The van der Waals surface area contributed by atoms with Gasteiger partial charge in [-0.25, -0.2) is 4.68 Å². The lowest BCUT2D eigenvalue weighted by molar-refractivity contribution is 0.102. The number of hydrogen-bond acceptors (Lipinski definition) is 2. The van der Waals surface area contributed by atoms with Crippen LogP contribution in [0.4, 0.5) is 5.82 Å². The van der Waals surface area contributed by atoms with E-state index in [0.717, 1.165) is 22.2 Å². The molecule has 124 valence electrons. The second-order valence-electron chi connectivity index (χ2n) is 6.16. The summed E-state index contributed by atoms with van der Waals surface area (Å²) < 4.78 is 1.73. The van der Waals surface area contributed by atoms with Crippen molar-refractivity contribution in [2.45, 2.75) is 13.8 Å². The van der Waals surface area contributed by atoms with Gasteiger partial charge in [-0.1, -0.05) is 24.3 Å². The molecule has 0 radical (unpaired) electrons. The minimum atomic E-state index is -0.202. The number of benzene rings is 2. The Morgan fingerprint density at radius 1 is 1.08 bits per heavy atom. The molecule has 0 fully saturated rings. The third-order valence-electron chi connectivity index (χ3n) is 4.19. The van der Waals surface area contributed by atoms with Gasteiger partial charge in [0.15, 0.2) is 5.82 Å². The summed E-state index contributed by atoms with van der Waals surface area (Å²) in [4.78, 5) is 15.7. The molecule has 2 heterocycles. The predicted octanol–water partition coefficient (Wildman–Crippen LogP) is 4.22. The van der Waals surface area contributed by atoms with Crippen LogP contribution in [0.15, 0.2) is 60.8 Å². The van der Waals surface area contributed by atoms with Crippen molar-refractivity contribution < 1.29 is 4.79 Å². The monoisotopic (exact) mass is 330 g/mol. The molecule has 0 aliphatic carbocycles. The molecule has 25 heavy (non-hydrogen) atoms. The van der Waals surface area contributed by atoms with E-state index in [0.29, 0.717) is 11.5 Å². The smallest absolute Gasteiger partial charge is 0.273 e. The summed E-state index contributed by atoms with van der Waals surface area (Å²) in [5.41, 5.74) is 4.76. The SMILES string of the molecule is Cc1cc(C)c2cc(C(=O)Nc3ccn(-c4ccccc4)n3)[nH]c2c1. The van der Waals surface area contributed by atoms with Gasteiger partial charge in [-0.2, -0.15) is 5.10 Å². The topological polar surface area (TPSA) is 62.7 Å². The van der Waals surface area contributed by atoms with E-state index in [4.69, 9.17) is 0 Å². The molecular weight excluding hydrogens is 312 g/mol. The van der Waals surface area contributed by atoms with E-state index in [9.17, 15) is 4.79 Å². The number of hydrogen-bond donors (Lipinski definition) is 2. The largest absolute Gasteiger partial charge is 0.351 e. The van der Waals surface area contributed by atoms with E-state index in [1.165, 1.54) is 5.56 Å². The van der Waals surface area contributed by atoms with Crippen LogP contribution in [0.3, 0.4) is 0 Å². The first kappa shape index (κ1) is 15.2. The second-order valence-corrected chi connectivity index (χ2v) is 6.16. The van der Waals surface area contributed by atoms with Crippen LogP contribution < -0.4 is 5.32 Å². The Morgan fingerprint density at radius 3 is 2.68 bits per heavy atom. The molecule has 0 saturated heterocycles. The van der Waals surface area contributed by atoms with Crippen molar-refractivity contribution in [1.82, 2.24) is 14.8 Å². The van der Waals surface area contributed by atoms with Gasteiger partial charge in [-0.3, -0.25) is 4.79 Å². The molecule has 0 aliphatic heterocycles. The van der Waals surface area contributed by atoms with Crippen LogP contribution in [-0.2, 0) is 0 Å². The summed E-state index contributed by atoms with van der Waals surface area (Å²) in [6, 6.07) is 17.6. The molecular formula is C20H18N4O. The maximum atomic E-state index is 12.5. The van der Waals surface area contributed by atoms with Crippen LogP contribution in [0.2, 0.25) is 0 Å². The van der Waals surface area contributed by atoms with Gasteiger partial charge in [0, 0.05) is 23.2 Å². The number of aryl methyl sites for hydroxylation is 2. The number of rotatable bonds is 3. The first-order valence-corrected chi connectivity index (χ1v) is 8.12. The average Bonchev–Trinajstić information content (AvgIpc) is 3.22. The lowest BCUT2D eigenvalue weighted by Gasteiger charge is -2.01. The standard InChI is InChI=1S/C20H18N4O/c1-13-10-14(2)16-12-18(21-17(16)11-13)20(25)22-19-8-9-24(23-19)15-6-4-3-5-7-15/h3-12,21H,1-2H3,(H,22,23,25). The third kappa shape index (κ3) is 2.92. The van der Waals surface area contributed by atoms with Crippen LogP contribution in [0.5, 0.6) is 0 Å². The van der Waals surface area contributed by atoms with Gasteiger partial charge in [0.05, 0.1) is 5.69 Å². The molecule has 0 saturated carbocycles. The second kappa shape index (κ2) is 5.94. The van der Waals surface area contributed by atoms with Crippen molar-refractivity contribution in [3.8, 4) is 5.69 Å². The van der Waals surface area contributed by atoms with Crippen molar-refractivity contribution >= 4 is 22.6 Å². The van der Waals surface area contributed by atoms with Crippen molar-refractivity contribution in [1.29, 1.82) is 0 Å². The molecule has 0 spiro atoms. The van der Waals surface area contributed by atoms with Crippen LogP contribution in [0.25, 0.3) is 16.6 Å². The molecule has 2 aromatic heterocycles. The molecule has 0 aliphatic rings. The van der Waals surface area contributed by atoms with Gasteiger partial charge in [0.2, 0.25) is 0 Å². The summed E-state index contributed by atoms with van der Waals surface area (Å²) >= 11 is 0. The molecule has 4 aromatic rings. The Morgan fingerprint density at radius 2 is 1.88 bits per heavy atom. The van der Waals surface area contributed by atoms with Crippen molar-refractivity contribution in [2.24, 2.45) is 0 Å². The van der Waals surface area contributed by atoms with Crippen LogP contribution in [0.1, 0.15) is 21.6 Å². The first-order chi connectivity index (χ1) is 12.1.